The number of halogens is 2. The van der Waals surface area contributed by atoms with E-state index in [0.717, 1.165) is 15.6 Å². The predicted octanol–water partition coefficient (Wildman–Crippen LogP) is 3.71. The second kappa shape index (κ2) is 8.45. The van der Waals surface area contributed by atoms with Crippen molar-refractivity contribution in [3.05, 3.63) is 68.7 Å². The number of carbonyl (C=O) groups is 1. The number of rotatable bonds is 6. The summed E-state index contributed by atoms with van der Waals surface area (Å²) in [6, 6.07) is 12.4. The number of esters is 1. The topological polar surface area (TPSA) is 58.6 Å². The molecule has 1 atom stereocenters. The van der Waals surface area contributed by atoms with E-state index in [9.17, 15) is 9.90 Å². The molecule has 2 aromatic rings. The second-order valence-electron chi connectivity index (χ2n) is 4.97. The lowest BCUT2D eigenvalue weighted by atomic mass is 10.1. The lowest BCUT2D eigenvalue weighted by molar-refractivity contribution is 0.0600. The van der Waals surface area contributed by atoms with Gasteiger partial charge in [-0.25, -0.2) is 4.79 Å². The predicted molar refractivity (Wildman–Crippen MR) is 93.6 cm³/mol. The fourth-order valence-electron chi connectivity index (χ4n) is 2.15. The summed E-state index contributed by atoms with van der Waals surface area (Å²) >= 11 is 9.33. The Bertz CT molecular complexity index is 676. The molecule has 2 aromatic carbocycles. The van der Waals surface area contributed by atoms with Crippen LogP contribution in [0.5, 0.6) is 0 Å². The highest BCUT2D eigenvalue weighted by Gasteiger charge is 2.12. The van der Waals surface area contributed by atoms with Gasteiger partial charge in [-0.2, -0.15) is 0 Å². The first kappa shape index (κ1) is 17.9. The summed E-state index contributed by atoms with van der Waals surface area (Å²) in [5, 5.41) is 13.5. The minimum Gasteiger partial charge on any atom is -0.465 e. The van der Waals surface area contributed by atoms with Crippen molar-refractivity contribution in [2.75, 3.05) is 13.7 Å². The first-order valence-corrected chi connectivity index (χ1v) is 8.18. The molecule has 0 aliphatic rings. The molecule has 0 fully saturated rings. The van der Waals surface area contributed by atoms with Gasteiger partial charge < -0.3 is 15.2 Å². The van der Waals surface area contributed by atoms with E-state index in [-0.39, 0.29) is 18.6 Å². The third-order valence-corrected chi connectivity index (χ3v) is 4.46. The van der Waals surface area contributed by atoms with E-state index >= 15 is 0 Å². The SMILES string of the molecule is COC(=O)c1ccc(CNC(CO)c2ccc(Cl)cc2)c(Br)c1. The van der Waals surface area contributed by atoms with Crippen LogP contribution in [-0.4, -0.2) is 24.8 Å². The van der Waals surface area contributed by atoms with E-state index in [1.165, 1.54) is 7.11 Å². The van der Waals surface area contributed by atoms with Gasteiger partial charge in [0.15, 0.2) is 0 Å². The molecule has 122 valence electrons. The quantitative estimate of drug-likeness (QED) is 0.728. The van der Waals surface area contributed by atoms with E-state index in [0.29, 0.717) is 17.1 Å². The average molecular weight is 399 g/mol. The molecule has 1 unspecified atom stereocenters. The smallest absolute Gasteiger partial charge is 0.337 e. The number of hydrogen-bond donors (Lipinski definition) is 2. The van der Waals surface area contributed by atoms with Crippen LogP contribution in [0.3, 0.4) is 0 Å². The number of aliphatic hydroxyl groups excluding tert-OH is 1. The number of nitrogens with one attached hydrogen (secondary N) is 1. The standard InChI is InChI=1S/C17H17BrClNO3/c1-23-17(22)12-2-3-13(15(18)8-12)9-20-16(10-21)11-4-6-14(19)7-5-11/h2-8,16,20-21H,9-10H2,1H3. The highest BCUT2D eigenvalue weighted by atomic mass is 79.9. The molecule has 2 rings (SSSR count). The summed E-state index contributed by atoms with van der Waals surface area (Å²) in [6.45, 7) is 0.509. The molecule has 0 aromatic heterocycles. The minimum atomic E-state index is -0.375. The zero-order valence-electron chi connectivity index (χ0n) is 12.6. The number of benzene rings is 2. The lowest BCUT2D eigenvalue weighted by Gasteiger charge is -2.17. The Morgan fingerprint density at radius 1 is 1.30 bits per heavy atom. The first-order chi connectivity index (χ1) is 11.0. The second-order valence-corrected chi connectivity index (χ2v) is 6.26. The first-order valence-electron chi connectivity index (χ1n) is 7.01. The molecule has 0 amide bonds. The molecule has 0 saturated heterocycles. The van der Waals surface area contributed by atoms with Crippen LogP contribution >= 0.6 is 27.5 Å². The van der Waals surface area contributed by atoms with Crippen molar-refractivity contribution in [2.24, 2.45) is 0 Å². The maximum atomic E-state index is 11.5. The number of ether oxygens (including phenoxy) is 1. The van der Waals surface area contributed by atoms with Gasteiger partial charge in [-0.3, -0.25) is 0 Å². The largest absolute Gasteiger partial charge is 0.465 e. The monoisotopic (exact) mass is 397 g/mol. The van der Waals surface area contributed by atoms with Crippen molar-refractivity contribution in [1.82, 2.24) is 5.32 Å². The molecule has 0 aliphatic carbocycles. The van der Waals surface area contributed by atoms with E-state index in [2.05, 4.69) is 21.2 Å². The van der Waals surface area contributed by atoms with Crippen molar-refractivity contribution >= 4 is 33.5 Å². The van der Waals surface area contributed by atoms with Gasteiger partial charge in [-0.05, 0) is 35.4 Å². The van der Waals surface area contributed by atoms with Crippen molar-refractivity contribution in [3.8, 4) is 0 Å². The molecule has 4 nitrogen and oxygen atoms in total. The van der Waals surface area contributed by atoms with Gasteiger partial charge in [0, 0.05) is 16.0 Å². The fraction of sp³-hybridized carbons (Fsp3) is 0.235. The molecule has 0 aliphatic heterocycles. The van der Waals surface area contributed by atoms with E-state index < -0.39 is 0 Å². The molecule has 0 heterocycles. The number of hydrogen-bond acceptors (Lipinski definition) is 4. The Kier molecular flexibility index (Phi) is 6.59. The van der Waals surface area contributed by atoms with Gasteiger partial charge >= 0.3 is 5.97 Å². The summed E-state index contributed by atoms with van der Waals surface area (Å²) in [5.74, 6) is -0.375. The van der Waals surface area contributed by atoms with Gasteiger partial charge in [-0.15, -0.1) is 0 Å². The summed E-state index contributed by atoms with van der Waals surface area (Å²) in [6.07, 6.45) is 0. The number of carbonyl (C=O) groups excluding carboxylic acids is 1. The zero-order chi connectivity index (χ0) is 16.8. The van der Waals surface area contributed by atoms with Crippen molar-refractivity contribution in [3.63, 3.8) is 0 Å². The normalized spacial score (nSPS) is 12.0. The molecule has 23 heavy (non-hydrogen) atoms. The fourth-order valence-corrected chi connectivity index (χ4v) is 2.80. The van der Waals surface area contributed by atoms with Gasteiger partial charge in [0.05, 0.1) is 25.3 Å². The molecule has 6 heteroatoms. The molecular weight excluding hydrogens is 382 g/mol. The van der Waals surface area contributed by atoms with Gasteiger partial charge in [0.1, 0.15) is 0 Å². The number of aliphatic hydroxyl groups is 1. The van der Waals surface area contributed by atoms with Crippen molar-refractivity contribution < 1.29 is 14.6 Å². The van der Waals surface area contributed by atoms with Crippen LogP contribution in [-0.2, 0) is 11.3 Å². The minimum absolute atomic E-state index is 0.0283. The summed E-state index contributed by atoms with van der Waals surface area (Å²) < 4.78 is 5.50. The Balaban J connectivity index is 2.06. The third-order valence-electron chi connectivity index (χ3n) is 3.47. The van der Waals surface area contributed by atoms with E-state index in [4.69, 9.17) is 16.3 Å². The van der Waals surface area contributed by atoms with Crippen LogP contribution in [0.1, 0.15) is 27.5 Å². The van der Waals surface area contributed by atoms with Gasteiger partial charge in [0.25, 0.3) is 0 Å². The highest BCUT2D eigenvalue weighted by Crippen LogP contribution is 2.21. The summed E-state index contributed by atoms with van der Waals surface area (Å²) in [7, 11) is 1.35. The molecular formula is C17H17BrClNO3. The number of methoxy groups -OCH3 is 1. The van der Waals surface area contributed by atoms with Gasteiger partial charge in [-0.1, -0.05) is 45.7 Å². The Labute approximate surface area is 148 Å². The van der Waals surface area contributed by atoms with Gasteiger partial charge in [0.2, 0.25) is 0 Å². The molecule has 0 radical (unpaired) electrons. The van der Waals surface area contributed by atoms with Crippen LogP contribution in [0.4, 0.5) is 0 Å². The summed E-state index contributed by atoms with van der Waals surface area (Å²) in [4.78, 5) is 11.5. The van der Waals surface area contributed by atoms with Crippen LogP contribution < -0.4 is 5.32 Å². The highest BCUT2D eigenvalue weighted by molar-refractivity contribution is 9.10. The van der Waals surface area contributed by atoms with Crippen LogP contribution in [0.25, 0.3) is 0 Å². The molecule has 0 saturated carbocycles. The van der Waals surface area contributed by atoms with E-state index in [1.54, 1.807) is 24.3 Å². The third kappa shape index (κ3) is 4.78. The van der Waals surface area contributed by atoms with Crippen LogP contribution in [0, 0.1) is 0 Å². The zero-order valence-corrected chi connectivity index (χ0v) is 14.9. The Hall–Kier alpha value is -1.40. The maximum absolute atomic E-state index is 11.5. The molecule has 0 bridgehead atoms. The Morgan fingerprint density at radius 3 is 2.57 bits per heavy atom. The average Bonchev–Trinajstić information content (AvgIpc) is 2.57. The Morgan fingerprint density at radius 2 is 2.00 bits per heavy atom. The van der Waals surface area contributed by atoms with E-state index in [1.807, 2.05) is 18.2 Å². The van der Waals surface area contributed by atoms with Crippen LogP contribution in [0.15, 0.2) is 46.9 Å². The van der Waals surface area contributed by atoms with Crippen molar-refractivity contribution in [2.45, 2.75) is 12.6 Å². The molecule has 0 spiro atoms. The summed E-state index contributed by atoms with van der Waals surface area (Å²) in [5.41, 5.74) is 2.42. The lowest BCUT2D eigenvalue weighted by Crippen LogP contribution is -2.24. The maximum Gasteiger partial charge on any atom is 0.337 e. The van der Waals surface area contributed by atoms with Crippen molar-refractivity contribution in [1.29, 1.82) is 0 Å². The molecule has 2 N–H and O–H groups in total. The van der Waals surface area contributed by atoms with Crippen LogP contribution in [0.2, 0.25) is 5.02 Å².